The second-order valence-corrected chi connectivity index (χ2v) is 7.04. The zero-order chi connectivity index (χ0) is 16.6. The van der Waals surface area contributed by atoms with Crippen molar-refractivity contribution < 1.29 is 19.4 Å². The highest BCUT2D eigenvalue weighted by Gasteiger charge is 2.61. The van der Waals surface area contributed by atoms with Crippen LogP contribution in [0.15, 0.2) is 24.3 Å². The molecule has 0 saturated heterocycles. The minimum absolute atomic E-state index is 0.144. The number of para-hydroxylation sites is 1. The van der Waals surface area contributed by atoms with Gasteiger partial charge in [0.1, 0.15) is 11.8 Å². The first-order chi connectivity index (χ1) is 10.9. The van der Waals surface area contributed by atoms with Crippen LogP contribution in [0.4, 0.5) is 0 Å². The van der Waals surface area contributed by atoms with Crippen molar-refractivity contribution >= 4 is 11.9 Å². The number of carboxylic acids is 1. The molecule has 1 heterocycles. The van der Waals surface area contributed by atoms with E-state index >= 15 is 0 Å². The van der Waals surface area contributed by atoms with E-state index in [1.54, 1.807) is 0 Å². The number of hydrogen-bond donors (Lipinski definition) is 2. The van der Waals surface area contributed by atoms with E-state index < -0.39 is 12.0 Å². The predicted molar refractivity (Wildman–Crippen MR) is 85.4 cm³/mol. The minimum atomic E-state index is -0.964. The van der Waals surface area contributed by atoms with Gasteiger partial charge in [0.2, 0.25) is 5.91 Å². The summed E-state index contributed by atoms with van der Waals surface area (Å²) in [6.07, 6.45) is 2.03. The van der Waals surface area contributed by atoms with Gasteiger partial charge in [0, 0.05) is 16.9 Å². The van der Waals surface area contributed by atoms with Crippen molar-refractivity contribution in [3.8, 4) is 5.75 Å². The molecule has 3 rings (SSSR count). The molecular weight excluding hydrogens is 294 g/mol. The fourth-order valence-corrected chi connectivity index (χ4v) is 3.67. The van der Waals surface area contributed by atoms with Crippen molar-refractivity contribution in [3.63, 3.8) is 0 Å². The van der Waals surface area contributed by atoms with E-state index in [1.165, 1.54) is 0 Å². The van der Waals surface area contributed by atoms with Crippen molar-refractivity contribution in [2.24, 2.45) is 11.8 Å². The summed E-state index contributed by atoms with van der Waals surface area (Å²) in [5.41, 5.74) is 0.918. The molecule has 124 valence electrons. The lowest BCUT2D eigenvalue weighted by Crippen LogP contribution is -2.43. The summed E-state index contributed by atoms with van der Waals surface area (Å²) in [4.78, 5) is 23.9. The Hall–Kier alpha value is -2.04. The molecule has 23 heavy (non-hydrogen) atoms. The van der Waals surface area contributed by atoms with Crippen LogP contribution in [0.25, 0.3) is 0 Å². The first-order valence-corrected chi connectivity index (χ1v) is 8.19. The van der Waals surface area contributed by atoms with E-state index in [4.69, 9.17) is 4.74 Å². The highest BCUT2D eigenvalue weighted by atomic mass is 16.5. The molecule has 2 N–H and O–H groups in total. The van der Waals surface area contributed by atoms with Gasteiger partial charge in [-0.15, -0.1) is 0 Å². The molecule has 0 aromatic heterocycles. The number of nitrogens with one attached hydrogen (secondary N) is 1. The van der Waals surface area contributed by atoms with Crippen molar-refractivity contribution in [2.75, 3.05) is 6.61 Å². The minimum Gasteiger partial charge on any atom is -0.493 e. The summed E-state index contributed by atoms with van der Waals surface area (Å²) in [5, 5.41) is 12.0. The second kappa shape index (κ2) is 5.87. The van der Waals surface area contributed by atoms with Crippen LogP contribution in [0.3, 0.4) is 0 Å². The van der Waals surface area contributed by atoms with Gasteiger partial charge < -0.3 is 15.2 Å². The van der Waals surface area contributed by atoms with Crippen LogP contribution in [0.5, 0.6) is 5.75 Å². The van der Waals surface area contributed by atoms with Crippen molar-refractivity contribution in [1.82, 2.24) is 5.32 Å². The SMILES string of the molecule is CC(C)C[C@H](NC(=O)[C@@H]1C[C@]12CCOc1ccccc12)C(=O)O. The van der Waals surface area contributed by atoms with Gasteiger partial charge in [0.05, 0.1) is 6.61 Å². The van der Waals surface area contributed by atoms with Crippen LogP contribution in [0, 0.1) is 11.8 Å². The Kier molecular flexibility index (Phi) is 4.04. The van der Waals surface area contributed by atoms with Gasteiger partial charge in [-0.2, -0.15) is 0 Å². The third kappa shape index (κ3) is 2.92. The molecule has 5 heteroatoms. The maximum atomic E-state index is 12.6. The number of rotatable bonds is 5. The average molecular weight is 317 g/mol. The third-order valence-corrected chi connectivity index (χ3v) is 4.94. The van der Waals surface area contributed by atoms with E-state index in [0.29, 0.717) is 13.0 Å². The quantitative estimate of drug-likeness (QED) is 0.874. The van der Waals surface area contributed by atoms with E-state index in [1.807, 2.05) is 38.1 Å². The van der Waals surface area contributed by atoms with Gasteiger partial charge in [-0.3, -0.25) is 4.79 Å². The normalized spacial score (nSPS) is 26.3. The largest absolute Gasteiger partial charge is 0.493 e. The highest BCUT2D eigenvalue weighted by molar-refractivity contribution is 5.88. The molecular formula is C18H23NO4. The van der Waals surface area contributed by atoms with Crippen LogP contribution in [-0.4, -0.2) is 29.6 Å². The van der Waals surface area contributed by atoms with Gasteiger partial charge in [-0.25, -0.2) is 4.79 Å². The van der Waals surface area contributed by atoms with E-state index in [0.717, 1.165) is 24.2 Å². The number of hydrogen-bond acceptors (Lipinski definition) is 3. The lowest BCUT2D eigenvalue weighted by molar-refractivity contribution is -0.142. The van der Waals surface area contributed by atoms with E-state index in [2.05, 4.69) is 5.32 Å². The number of carbonyl (C=O) groups excluding carboxylic acids is 1. The molecule has 2 aliphatic rings. The Morgan fingerprint density at radius 1 is 1.39 bits per heavy atom. The summed E-state index contributed by atoms with van der Waals surface area (Å²) in [6, 6.07) is 7.03. The lowest BCUT2D eigenvalue weighted by Gasteiger charge is -2.27. The summed E-state index contributed by atoms with van der Waals surface area (Å²) in [6.45, 7) is 4.51. The molecule has 1 fully saturated rings. The first kappa shape index (κ1) is 15.8. The summed E-state index contributed by atoms with van der Waals surface area (Å²) in [5.74, 6) is -0.190. The molecule has 1 saturated carbocycles. The van der Waals surface area contributed by atoms with E-state index in [9.17, 15) is 14.7 Å². The van der Waals surface area contributed by atoms with Crippen LogP contribution in [-0.2, 0) is 15.0 Å². The predicted octanol–water partition coefficient (Wildman–Crippen LogP) is 2.34. The lowest BCUT2D eigenvalue weighted by atomic mass is 9.87. The summed E-state index contributed by atoms with van der Waals surface area (Å²) in [7, 11) is 0. The number of amides is 1. The molecule has 1 aliphatic carbocycles. The molecule has 1 spiro atoms. The van der Waals surface area contributed by atoms with Crippen LogP contribution in [0.1, 0.15) is 38.7 Å². The molecule has 0 bridgehead atoms. The van der Waals surface area contributed by atoms with Gasteiger partial charge >= 0.3 is 5.97 Å². The van der Waals surface area contributed by atoms with Crippen molar-refractivity contribution in [1.29, 1.82) is 0 Å². The van der Waals surface area contributed by atoms with Crippen LogP contribution < -0.4 is 10.1 Å². The smallest absolute Gasteiger partial charge is 0.326 e. The highest BCUT2D eigenvalue weighted by Crippen LogP contribution is 2.60. The average Bonchev–Trinajstić information content (AvgIpc) is 3.21. The monoisotopic (exact) mass is 317 g/mol. The van der Waals surface area contributed by atoms with Crippen molar-refractivity contribution in [2.45, 2.75) is 44.6 Å². The molecule has 1 amide bonds. The Bertz CT molecular complexity index is 627. The maximum absolute atomic E-state index is 12.6. The molecule has 1 aliphatic heterocycles. The Morgan fingerprint density at radius 2 is 2.13 bits per heavy atom. The zero-order valence-corrected chi connectivity index (χ0v) is 13.5. The molecule has 1 aromatic carbocycles. The number of carboxylic acid groups (broad SMARTS) is 1. The number of carbonyl (C=O) groups is 2. The van der Waals surface area contributed by atoms with Gasteiger partial charge in [0.25, 0.3) is 0 Å². The molecule has 1 aromatic rings. The van der Waals surface area contributed by atoms with Crippen LogP contribution >= 0.6 is 0 Å². The molecule has 0 unspecified atom stereocenters. The zero-order valence-electron chi connectivity index (χ0n) is 13.5. The summed E-state index contributed by atoms with van der Waals surface area (Å²) >= 11 is 0. The van der Waals surface area contributed by atoms with Crippen molar-refractivity contribution in [3.05, 3.63) is 29.8 Å². The van der Waals surface area contributed by atoms with Gasteiger partial charge in [0.15, 0.2) is 0 Å². The first-order valence-electron chi connectivity index (χ1n) is 8.19. The number of fused-ring (bicyclic) bond motifs is 2. The number of aliphatic carboxylic acids is 1. The van der Waals surface area contributed by atoms with E-state index in [-0.39, 0.29) is 23.2 Å². The van der Waals surface area contributed by atoms with Crippen LogP contribution in [0.2, 0.25) is 0 Å². The Labute approximate surface area is 136 Å². The second-order valence-electron chi connectivity index (χ2n) is 7.04. The fourth-order valence-electron chi connectivity index (χ4n) is 3.67. The van der Waals surface area contributed by atoms with Gasteiger partial charge in [-0.05, 0) is 31.2 Å². The summed E-state index contributed by atoms with van der Waals surface area (Å²) < 4.78 is 5.67. The standard InChI is InChI=1S/C18H23NO4/c1-11(2)9-14(17(21)22)19-16(20)13-10-18(13)7-8-23-15-6-4-3-5-12(15)18/h3-6,11,13-14H,7-10H2,1-2H3,(H,19,20)(H,21,22)/t13-,14-,18-/m0/s1. The number of benzene rings is 1. The topological polar surface area (TPSA) is 75.6 Å². The molecule has 3 atom stereocenters. The fraction of sp³-hybridized carbons (Fsp3) is 0.556. The molecule has 0 radical (unpaired) electrons. The Balaban J connectivity index is 1.73. The maximum Gasteiger partial charge on any atom is 0.326 e. The third-order valence-electron chi connectivity index (χ3n) is 4.94. The van der Waals surface area contributed by atoms with Gasteiger partial charge in [-0.1, -0.05) is 32.0 Å². The molecule has 5 nitrogen and oxygen atoms in total. The Morgan fingerprint density at radius 3 is 2.83 bits per heavy atom. The number of ether oxygens (including phenoxy) is 1.